The first-order chi connectivity index (χ1) is 16.2. The molecule has 0 radical (unpaired) electrons. The van der Waals surface area contributed by atoms with Crippen LogP contribution < -0.4 is 14.8 Å². The van der Waals surface area contributed by atoms with Crippen LogP contribution in [0.2, 0.25) is 0 Å². The lowest BCUT2D eigenvalue weighted by Crippen LogP contribution is -2.41. The van der Waals surface area contributed by atoms with Crippen LogP contribution in [-0.4, -0.2) is 61.9 Å². The molecule has 1 saturated heterocycles. The number of halogens is 1. The number of fused-ring (bicyclic) bond motifs is 2. The Morgan fingerprint density at radius 1 is 1.15 bits per heavy atom. The van der Waals surface area contributed by atoms with Crippen molar-refractivity contribution in [1.29, 1.82) is 0 Å². The van der Waals surface area contributed by atoms with Crippen molar-refractivity contribution in [1.82, 2.24) is 9.88 Å². The molecule has 1 amide bonds. The van der Waals surface area contributed by atoms with E-state index in [1.54, 1.807) is 4.90 Å². The highest BCUT2D eigenvalue weighted by Crippen LogP contribution is 2.40. The molecule has 2 aliphatic heterocycles. The van der Waals surface area contributed by atoms with Gasteiger partial charge in [0.15, 0.2) is 11.5 Å². The standard InChI is InChI=1S/C25H28ClN3O4/c1-2-7-27-21-15-17(28-20-6-5-19(26)22(20)21)14-16-3-4-18(24-23(16)32-12-13-33-24)25(30)29-8-10-31-11-9-29/h3-5,15H,2,6-14H2,1H3,(H,27,28). The van der Waals surface area contributed by atoms with Gasteiger partial charge in [-0.1, -0.05) is 30.7 Å². The lowest BCUT2D eigenvalue weighted by atomic mass is 10.0. The number of pyridine rings is 1. The second kappa shape index (κ2) is 9.61. The van der Waals surface area contributed by atoms with E-state index < -0.39 is 0 Å². The molecule has 7 nitrogen and oxygen atoms in total. The van der Waals surface area contributed by atoms with Gasteiger partial charge in [0.2, 0.25) is 0 Å². The van der Waals surface area contributed by atoms with Crippen LogP contribution in [0.25, 0.3) is 5.03 Å². The molecular formula is C25H28ClN3O4. The molecular weight excluding hydrogens is 442 g/mol. The van der Waals surface area contributed by atoms with Gasteiger partial charge in [0.05, 0.1) is 24.5 Å². The predicted molar refractivity (Wildman–Crippen MR) is 128 cm³/mol. The Morgan fingerprint density at radius 2 is 1.94 bits per heavy atom. The highest BCUT2D eigenvalue weighted by atomic mass is 35.5. The van der Waals surface area contributed by atoms with Crippen LogP contribution in [0.15, 0.2) is 24.3 Å². The average Bonchev–Trinajstić information content (AvgIpc) is 3.23. The van der Waals surface area contributed by atoms with Crippen LogP contribution in [0.5, 0.6) is 11.5 Å². The molecule has 8 heteroatoms. The van der Waals surface area contributed by atoms with Crippen LogP contribution in [0.1, 0.15) is 46.2 Å². The SMILES string of the molecule is CCCNc1cc(Cc2ccc(C(=O)N3CCOCC3)c3c2OCCO3)nc2c1C(Cl)=CC2. The number of morpholine rings is 1. The average molecular weight is 470 g/mol. The number of allylic oxidation sites excluding steroid dienone is 1. The molecule has 0 saturated carbocycles. The number of ether oxygens (including phenoxy) is 3. The number of anilines is 1. The Bertz CT molecular complexity index is 1100. The molecule has 33 heavy (non-hydrogen) atoms. The molecule has 0 bridgehead atoms. The molecule has 1 N–H and O–H groups in total. The molecule has 174 valence electrons. The van der Waals surface area contributed by atoms with Gasteiger partial charge in [0.25, 0.3) is 5.91 Å². The largest absolute Gasteiger partial charge is 0.486 e. The minimum Gasteiger partial charge on any atom is -0.486 e. The summed E-state index contributed by atoms with van der Waals surface area (Å²) in [6.07, 6.45) is 4.33. The fourth-order valence-corrected chi connectivity index (χ4v) is 4.77. The van der Waals surface area contributed by atoms with Crippen molar-refractivity contribution in [2.75, 3.05) is 51.4 Å². The van der Waals surface area contributed by atoms with Crippen molar-refractivity contribution >= 4 is 28.2 Å². The maximum atomic E-state index is 13.1. The fourth-order valence-electron chi connectivity index (χ4n) is 4.48. The third-order valence-electron chi connectivity index (χ3n) is 6.10. The first kappa shape index (κ1) is 22.0. The Balaban J connectivity index is 1.46. The normalized spacial score (nSPS) is 16.9. The van der Waals surface area contributed by atoms with Gasteiger partial charge < -0.3 is 24.4 Å². The molecule has 0 unspecified atom stereocenters. The van der Waals surface area contributed by atoms with Crippen molar-refractivity contribution in [2.24, 2.45) is 0 Å². The summed E-state index contributed by atoms with van der Waals surface area (Å²) in [5, 5.41) is 4.24. The van der Waals surface area contributed by atoms with Gasteiger partial charge in [-0.05, 0) is 18.6 Å². The van der Waals surface area contributed by atoms with Crippen molar-refractivity contribution in [2.45, 2.75) is 26.2 Å². The number of hydrogen-bond donors (Lipinski definition) is 1. The topological polar surface area (TPSA) is 72.9 Å². The van der Waals surface area contributed by atoms with Crippen molar-refractivity contribution in [3.8, 4) is 11.5 Å². The number of carbonyl (C=O) groups excluding carboxylic acids is 1. The molecule has 1 fully saturated rings. The van der Waals surface area contributed by atoms with E-state index in [4.69, 9.17) is 30.8 Å². The molecule has 5 rings (SSSR count). The maximum Gasteiger partial charge on any atom is 0.257 e. The Hall–Kier alpha value is -2.77. The van der Waals surface area contributed by atoms with E-state index in [1.807, 2.05) is 18.2 Å². The summed E-state index contributed by atoms with van der Waals surface area (Å²) in [5.74, 6) is 1.13. The van der Waals surface area contributed by atoms with Gasteiger partial charge in [0.1, 0.15) is 13.2 Å². The number of amides is 1. The highest BCUT2D eigenvalue weighted by molar-refractivity contribution is 6.49. The van der Waals surface area contributed by atoms with Crippen molar-refractivity contribution in [3.63, 3.8) is 0 Å². The molecule has 2 aromatic rings. The highest BCUT2D eigenvalue weighted by Gasteiger charge is 2.28. The molecule has 3 heterocycles. The summed E-state index contributed by atoms with van der Waals surface area (Å²) in [6, 6.07) is 5.88. The van der Waals surface area contributed by atoms with E-state index in [0.29, 0.717) is 63.0 Å². The molecule has 3 aliphatic rings. The summed E-state index contributed by atoms with van der Waals surface area (Å²) >= 11 is 6.45. The Kier molecular flexibility index (Phi) is 6.42. The second-order valence-electron chi connectivity index (χ2n) is 8.37. The maximum absolute atomic E-state index is 13.1. The van der Waals surface area contributed by atoms with E-state index in [1.165, 1.54) is 0 Å². The number of carbonyl (C=O) groups is 1. The zero-order valence-corrected chi connectivity index (χ0v) is 19.5. The monoisotopic (exact) mass is 469 g/mol. The summed E-state index contributed by atoms with van der Waals surface area (Å²) in [6.45, 7) is 6.16. The third-order valence-corrected chi connectivity index (χ3v) is 6.44. The van der Waals surface area contributed by atoms with Crippen LogP contribution >= 0.6 is 11.6 Å². The van der Waals surface area contributed by atoms with Crippen LogP contribution in [0, 0.1) is 0 Å². The Labute approximate surface area is 198 Å². The number of benzene rings is 1. The zero-order chi connectivity index (χ0) is 22.8. The first-order valence-corrected chi connectivity index (χ1v) is 11.9. The van der Waals surface area contributed by atoms with Gasteiger partial charge in [-0.3, -0.25) is 9.78 Å². The summed E-state index contributed by atoms with van der Waals surface area (Å²) in [7, 11) is 0. The van der Waals surface area contributed by atoms with E-state index >= 15 is 0 Å². The molecule has 1 aromatic carbocycles. The van der Waals surface area contributed by atoms with Gasteiger partial charge in [-0.15, -0.1) is 0 Å². The molecule has 0 spiro atoms. The minimum absolute atomic E-state index is 0.0472. The summed E-state index contributed by atoms with van der Waals surface area (Å²) in [4.78, 5) is 19.8. The van der Waals surface area contributed by atoms with Gasteiger partial charge >= 0.3 is 0 Å². The predicted octanol–water partition coefficient (Wildman–Crippen LogP) is 3.87. The van der Waals surface area contributed by atoms with E-state index in [9.17, 15) is 4.79 Å². The van der Waals surface area contributed by atoms with Gasteiger partial charge in [0, 0.05) is 60.0 Å². The number of aromatic nitrogens is 1. The fraction of sp³-hybridized carbons (Fsp3) is 0.440. The zero-order valence-electron chi connectivity index (χ0n) is 18.8. The van der Waals surface area contributed by atoms with Gasteiger partial charge in [-0.2, -0.15) is 0 Å². The molecule has 0 atom stereocenters. The summed E-state index contributed by atoms with van der Waals surface area (Å²) in [5.41, 5.74) is 5.42. The third kappa shape index (κ3) is 4.39. The molecule has 1 aliphatic carbocycles. The summed E-state index contributed by atoms with van der Waals surface area (Å²) < 4.78 is 17.3. The smallest absolute Gasteiger partial charge is 0.257 e. The lowest BCUT2D eigenvalue weighted by molar-refractivity contribution is 0.0298. The van der Waals surface area contributed by atoms with E-state index in [-0.39, 0.29) is 5.91 Å². The lowest BCUT2D eigenvalue weighted by Gasteiger charge is -2.29. The minimum atomic E-state index is -0.0472. The van der Waals surface area contributed by atoms with Gasteiger partial charge in [-0.25, -0.2) is 0 Å². The number of nitrogens with one attached hydrogen (secondary N) is 1. The Morgan fingerprint density at radius 3 is 2.73 bits per heavy atom. The second-order valence-corrected chi connectivity index (χ2v) is 8.78. The van der Waals surface area contributed by atoms with E-state index in [2.05, 4.69) is 18.3 Å². The first-order valence-electron chi connectivity index (χ1n) is 11.6. The van der Waals surface area contributed by atoms with Crippen molar-refractivity contribution in [3.05, 3.63) is 52.4 Å². The quantitative estimate of drug-likeness (QED) is 0.692. The van der Waals surface area contributed by atoms with Crippen LogP contribution in [0.3, 0.4) is 0 Å². The number of rotatable bonds is 6. The van der Waals surface area contributed by atoms with Crippen LogP contribution in [0.4, 0.5) is 5.69 Å². The van der Waals surface area contributed by atoms with E-state index in [0.717, 1.165) is 52.6 Å². The van der Waals surface area contributed by atoms with Crippen LogP contribution in [-0.2, 0) is 17.6 Å². The number of hydrogen-bond acceptors (Lipinski definition) is 6. The number of nitrogens with zero attached hydrogens (tertiary/aromatic N) is 2. The molecule has 1 aromatic heterocycles. The van der Waals surface area contributed by atoms with Crippen molar-refractivity contribution < 1.29 is 19.0 Å².